The minimum atomic E-state index is -0.849. The summed E-state index contributed by atoms with van der Waals surface area (Å²) < 4.78 is 0. The van der Waals surface area contributed by atoms with Crippen molar-refractivity contribution in [2.24, 2.45) is 25.7 Å². The monoisotopic (exact) mass is 395 g/mol. The van der Waals surface area contributed by atoms with Gasteiger partial charge in [0.2, 0.25) is 5.96 Å². The number of amides is 2. The second-order valence-corrected chi connectivity index (χ2v) is 6.55. The predicted octanol–water partition coefficient (Wildman–Crippen LogP) is 0.345. The minimum Gasteiger partial charge on any atom is -0.379 e. The lowest BCUT2D eigenvalue weighted by Crippen LogP contribution is -2.38. The van der Waals surface area contributed by atoms with Gasteiger partial charge in [-0.15, -0.1) is 0 Å². The Balaban J connectivity index is 1.51. The van der Waals surface area contributed by atoms with E-state index >= 15 is 0 Å². The van der Waals surface area contributed by atoms with Gasteiger partial charge in [-0.3, -0.25) is 14.6 Å². The van der Waals surface area contributed by atoms with Gasteiger partial charge in [0.05, 0.1) is 18.5 Å². The zero-order valence-electron chi connectivity index (χ0n) is 15.9. The molecule has 10 heteroatoms. The normalized spacial score (nSPS) is 17.6. The number of anilines is 1. The standard InChI is InChI=1S/C19H21N7O3/c1-11(27)3-2-8-21-17(28)12-4-6-13(7-5-12)22-9-14-10-23-16-15(24-14)18(29)26-19(20)25-16/h4-7,10,15,22H,2-3,8-9H2,1H3,(H,21,28)(H2,20,26,29). The van der Waals surface area contributed by atoms with Crippen molar-refractivity contribution in [1.82, 2.24) is 5.32 Å². The first-order valence-electron chi connectivity index (χ1n) is 9.11. The Morgan fingerprint density at radius 1 is 1.17 bits per heavy atom. The number of hydrogen-bond acceptors (Lipinski definition) is 8. The number of nitrogens with two attached hydrogens (primary N) is 1. The molecule has 0 aliphatic carbocycles. The van der Waals surface area contributed by atoms with Crippen molar-refractivity contribution in [2.75, 3.05) is 18.4 Å². The second kappa shape index (κ2) is 9.00. The highest BCUT2D eigenvalue weighted by Gasteiger charge is 2.30. The minimum absolute atomic E-state index is 0.107. The van der Waals surface area contributed by atoms with Gasteiger partial charge < -0.3 is 21.2 Å². The molecule has 2 amide bonds. The molecule has 10 nitrogen and oxygen atoms in total. The van der Waals surface area contributed by atoms with Crippen LogP contribution in [0.25, 0.3) is 0 Å². The van der Waals surface area contributed by atoms with Crippen LogP contribution in [0.4, 0.5) is 5.69 Å². The third kappa shape index (κ3) is 5.41. The Kier molecular flexibility index (Phi) is 6.22. The SMILES string of the molecule is CC(=O)CCCNC(=O)c1ccc(NCC2=NC3C(=O)N=C(N)N=C3N=C2)cc1. The first kappa shape index (κ1) is 20.1. The molecule has 0 saturated carbocycles. The zero-order chi connectivity index (χ0) is 20.8. The van der Waals surface area contributed by atoms with Gasteiger partial charge in [0.15, 0.2) is 11.9 Å². The highest BCUT2D eigenvalue weighted by molar-refractivity contribution is 6.38. The second-order valence-electron chi connectivity index (χ2n) is 6.55. The van der Waals surface area contributed by atoms with Gasteiger partial charge >= 0.3 is 0 Å². The maximum atomic E-state index is 12.1. The summed E-state index contributed by atoms with van der Waals surface area (Å²) in [5, 5.41) is 5.94. The fourth-order valence-electron chi connectivity index (χ4n) is 2.70. The Hall–Kier alpha value is -3.69. The molecule has 2 heterocycles. The van der Waals surface area contributed by atoms with Crippen LogP contribution in [0.1, 0.15) is 30.1 Å². The highest BCUT2D eigenvalue weighted by Crippen LogP contribution is 2.12. The van der Waals surface area contributed by atoms with E-state index in [1.54, 1.807) is 24.3 Å². The van der Waals surface area contributed by atoms with Crippen LogP contribution < -0.4 is 16.4 Å². The van der Waals surface area contributed by atoms with Gasteiger partial charge in [-0.2, -0.15) is 9.98 Å². The van der Waals surface area contributed by atoms with Crippen molar-refractivity contribution in [3.63, 3.8) is 0 Å². The number of ketones is 1. The van der Waals surface area contributed by atoms with Crippen molar-refractivity contribution in [2.45, 2.75) is 25.8 Å². The number of nitrogens with zero attached hydrogens (tertiary/aromatic N) is 4. The Labute approximate surface area is 167 Å². The molecule has 0 spiro atoms. The lowest BCUT2D eigenvalue weighted by atomic mass is 10.1. The lowest BCUT2D eigenvalue weighted by molar-refractivity contribution is -0.118. The van der Waals surface area contributed by atoms with Crippen LogP contribution in [0.3, 0.4) is 0 Å². The number of carbonyl (C=O) groups is 3. The quantitative estimate of drug-likeness (QED) is 0.542. The first-order chi connectivity index (χ1) is 13.9. The molecule has 1 unspecified atom stereocenters. The molecule has 2 aliphatic rings. The van der Waals surface area contributed by atoms with E-state index in [2.05, 4.69) is 30.6 Å². The number of fused-ring (bicyclic) bond motifs is 1. The van der Waals surface area contributed by atoms with Gasteiger partial charge in [-0.1, -0.05) is 0 Å². The molecular formula is C19H21N7O3. The maximum Gasteiger partial charge on any atom is 0.281 e. The number of rotatable bonds is 8. The van der Waals surface area contributed by atoms with E-state index in [1.165, 1.54) is 13.1 Å². The number of carbonyl (C=O) groups excluding carboxylic acids is 3. The van der Waals surface area contributed by atoms with Gasteiger partial charge in [-0.05, 0) is 37.6 Å². The van der Waals surface area contributed by atoms with E-state index in [0.29, 0.717) is 37.2 Å². The van der Waals surface area contributed by atoms with Crippen LogP contribution >= 0.6 is 0 Å². The molecule has 1 atom stereocenters. The van der Waals surface area contributed by atoms with E-state index < -0.39 is 11.9 Å². The smallest absolute Gasteiger partial charge is 0.281 e. The summed E-state index contributed by atoms with van der Waals surface area (Å²) in [6.45, 7) is 2.33. The summed E-state index contributed by atoms with van der Waals surface area (Å²) >= 11 is 0. The number of benzene rings is 1. The summed E-state index contributed by atoms with van der Waals surface area (Å²) in [6, 6.07) is 6.10. The number of nitrogens with one attached hydrogen (secondary N) is 2. The number of guanidine groups is 1. The Morgan fingerprint density at radius 3 is 2.66 bits per heavy atom. The number of Topliss-reactive ketones (excluding diaryl/α,β-unsaturated/α-hetero) is 1. The summed E-state index contributed by atoms with van der Waals surface area (Å²) in [4.78, 5) is 50.8. The fraction of sp³-hybridized carbons (Fsp3) is 0.316. The number of hydrogen-bond donors (Lipinski definition) is 3. The molecule has 0 radical (unpaired) electrons. The molecule has 0 fully saturated rings. The molecule has 29 heavy (non-hydrogen) atoms. The average Bonchev–Trinajstić information content (AvgIpc) is 2.70. The van der Waals surface area contributed by atoms with E-state index in [9.17, 15) is 14.4 Å². The topological polar surface area (TPSA) is 151 Å². The van der Waals surface area contributed by atoms with Crippen molar-refractivity contribution < 1.29 is 14.4 Å². The molecule has 3 rings (SSSR count). The van der Waals surface area contributed by atoms with Crippen molar-refractivity contribution in [3.8, 4) is 0 Å². The van der Waals surface area contributed by atoms with E-state index in [4.69, 9.17) is 5.73 Å². The molecule has 2 aliphatic heterocycles. The van der Waals surface area contributed by atoms with Gasteiger partial charge in [0.1, 0.15) is 5.78 Å². The summed E-state index contributed by atoms with van der Waals surface area (Å²) in [5.41, 5.74) is 7.33. The highest BCUT2D eigenvalue weighted by atomic mass is 16.2. The summed E-state index contributed by atoms with van der Waals surface area (Å²) in [6.07, 6.45) is 2.60. The van der Waals surface area contributed by atoms with Gasteiger partial charge in [-0.25, -0.2) is 4.99 Å². The number of aliphatic imine (C=N–C) groups is 4. The first-order valence-corrected chi connectivity index (χ1v) is 9.11. The molecule has 150 valence electrons. The third-order valence-electron chi connectivity index (χ3n) is 4.18. The van der Waals surface area contributed by atoms with Crippen LogP contribution in [0, 0.1) is 0 Å². The Bertz CT molecular complexity index is 945. The van der Waals surface area contributed by atoms with Crippen molar-refractivity contribution in [3.05, 3.63) is 29.8 Å². The number of amidine groups is 1. The zero-order valence-corrected chi connectivity index (χ0v) is 15.9. The van der Waals surface area contributed by atoms with E-state index in [-0.39, 0.29) is 23.5 Å². The molecule has 0 bridgehead atoms. The molecular weight excluding hydrogens is 374 g/mol. The predicted molar refractivity (Wildman–Crippen MR) is 111 cm³/mol. The molecule has 4 N–H and O–H groups in total. The maximum absolute atomic E-state index is 12.1. The summed E-state index contributed by atoms with van der Waals surface area (Å²) in [5.74, 6) is -0.439. The van der Waals surface area contributed by atoms with Crippen LogP contribution in [0.2, 0.25) is 0 Å². The average molecular weight is 395 g/mol. The van der Waals surface area contributed by atoms with Gasteiger partial charge in [0.25, 0.3) is 11.8 Å². The summed E-state index contributed by atoms with van der Waals surface area (Å²) in [7, 11) is 0. The molecule has 0 aromatic heterocycles. The van der Waals surface area contributed by atoms with Crippen molar-refractivity contribution in [1.29, 1.82) is 0 Å². The largest absolute Gasteiger partial charge is 0.379 e. The molecule has 0 saturated heterocycles. The van der Waals surface area contributed by atoms with Crippen LogP contribution in [-0.2, 0) is 9.59 Å². The van der Waals surface area contributed by atoms with Crippen molar-refractivity contribution >= 4 is 47.0 Å². The molecule has 1 aromatic carbocycles. The lowest BCUT2D eigenvalue weighted by Gasteiger charge is -2.18. The Morgan fingerprint density at radius 2 is 1.93 bits per heavy atom. The van der Waals surface area contributed by atoms with Crippen LogP contribution in [0.5, 0.6) is 0 Å². The van der Waals surface area contributed by atoms with Crippen LogP contribution in [0.15, 0.2) is 44.2 Å². The third-order valence-corrected chi connectivity index (χ3v) is 4.18. The van der Waals surface area contributed by atoms with Crippen LogP contribution in [-0.4, -0.2) is 60.5 Å². The van der Waals surface area contributed by atoms with E-state index in [0.717, 1.165) is 5.69 Å². The fourth-order valence-corrected chi connectivity index (χ4v) is 2.70. The molecule has 1 aromatic rings. The van der Waals surface area contributed by atoms with E-state index in [1.807, 2.05) is 0 Å². The van der Waals surface area contributed by atoms with Gasteiger partial charge in [0, 0.05) is 24.2 Å².